The number of methoxy groups -OCH3 is 1. The molecule has 1 N–H and O–H groups in total. The SMILES string of the molecule is COc1ccccc1/C=C/C=C(\C#N)C(=O)Nc1cccc2ccccc12. The van der Waals surface area contributed by atoms with Crippen LogP contribution in [0.2, 0.25) is 0 Å². The molecule has 0 aliphatic heterocycles. The summed E-state index contributed by atoms with van der Waals surface area (Å²) in [6, 6.07) is 22.9. The Bertz CT molecular complexity index is 1070. The van der Waals surface area contributed by atoms with Gasteiger partial charge in [0, 0.05) is 16.6 Å². The quantitative estimate of drug-likeness (QED) is 0.400. The second-order valence-electron chi connectivity index (χ2n) is 5.77. The molecule has 4 nitrogen and oxygen atoms in total. The van der Waals surface area contributed by atoms with Crippen LogP contribution in [-0.2, 0) is 4.79 Å². The Morgan fingerprint density at radius 1 is 1.04 bits per heavy atom. The molecule has 0 atom stereocenters. The van der Waals surface area contributed by atoms with Crippen molar-refractivity contribution in [3.63, 3.8) is 0 Å². The molecule has 0 heterocycles. The second-order valence-corrected chi connectivity index (χ2v) is 5.77. The van der Waals surface area contributed by atoms with Crippen molar-refractivity contribution in [2.75, 3.05) is 12.4 Å². The number of para-hydroxylation sites is 1. The summed E-state index contributed by atoms with van der Waals surface area (Å²) in [6.07, 6.45) is 4.95. The molecular formula is C23H18N2O2. The van der Waals surface area contributed by atoms with E-state index in [9.17, 15) is 10.1 Å². The number of fused-ring (bicyclic) bond motifs is 1. The van der Waals surface area contributed by atoms with Crippen LogP contribution in [0.3, 0.4) is 0 Å². The summed E-state index contributed by atoms with van der Waals surface area (Å²) in [4.78, 5) is 12.5. The molecule has 0 aliphatic rings. The van der Waals surface area contributed by atoms with E-state index in [2.05, 4.69) is 5.32 Å². The number of carbonyl (C=O) groups is 1. The van der Waals surface area contributed by atoms with E-state index < -0.39 is 5.91 Å². The van der Waals surface area contributed by atoms with Crippen LogP contribution in [0.5, 0.6) is 5.75 Å². The summed E-state index contributed by atoms with van der Waals surface area (Å²) in [6.45, 7) is 0. The van der Waals surface area contributed by atoms with E-state index in [0.29, 0.717) is 5.69 Å². The molecule has 27 heavy (non-hydrogen) atoms. The van der Waals surface area contributed by atoms with E-state index >= 15 is 0 Å². The van der Waals surface area contributed by atoms with Gasteiger partial charge in [-0.2, -0.15) is 5.26 Å². The lowest BCUT2D eigenvalue weighted by molar-refractivity contribution is -0.112. The van der Waals surface area contributed by atoms with Crippen LogP contribution >= 0.6 is 0 Å². The molecule has 0 aromatic heterocycles. The summed E-state index contributed by atoms with van der Waals surface area (Å²) in [7, 11) is 1.60. The maximum atomic E-state index is 12.5. The van der Waals surface area contributed by atoms with Gasteiger partial charge in [0.15, 0.2) is 0 Å². The molecule has 0 fully saturated rings. The van der Waals surface area contributed by atoms with Crippen LogP contribution in [0.4, 0.5) is 5.69 Å². The summed E-state index contributed by atoms with van der Waals surface area (Å²) in [5.74, 6) is 0.277. The van der Waals surface area contributed by atoms with Gasteiger partial charge < -0.3 is 10.1 Å². The van der Waals surface area contributed by atoms with Crippen LogP contribution < -0.4 is 10.1 Å². The van der Waals surface area contributed by atoms with Crippen molar-refractivity contribution in [3.8, 4) is 11.8 Å². The van der Waals surface area contributed by atoms with Gasteiger partial charge in [0.1, 0.15) is 17.4 Å². The highest BCUT2D eigenvalue weighted by Gasteiger charge is 2.10. The first-order chi connectivity index (χ1) is 13.2. The lowest BCUT2D eigenvalue weighted by Gasteiger charge is -2.08. The molecule has 0 aliphatic carbocycles. The fraction of sp³-hybridized carbons (Fsp3) is 0.0435. The van der Waals surface area contributed by atoms with Crippen LogP contribution in [-0.4, -0.2) is 13.0 Å². The average Bonchev–Trinajstić information content (AvgIpc) is 2.71. The van der Waals surface area contributed by atoms with E-state index in [1.54, 1.807) is 19.3 Å². The molecule has 1 amide bonds. The zero-order valence-corrected chi connectivity index (χ0v) is 14.8. The first-order valence-corrected chi connectivity index (χ1v) is 8.43. The molecule has 132 valence electrons. The van der Waals surface area contributed by atoms with E-state index in [1.165, 1.54) is 6.08 Å². The van der Waals surface area contributed by atoms with Crippen molar-refractivity contribution in [1.82, 2.24) is 0 Å². The third-order valence-electron chi connectivity index (χ3n) is 4.08. The first-order valence-electron chi connectivity index (χ1n) is 8.43. The number of ether oxygens (including phenoxy) is 1. The average molecular weight is 354 g/mol. The Morgan fingerprint density at radius 2 is 1.78 bits per heavy atom. The highest BCUT2D eigenvalue weighted by Crippen LogP contribution is 2.23. The smallest absolute Gasteiger partial charge is 0.266 e. The fourth-order valence-electron chi connectivity index (χ4n) is 2.74. The molecule has 0 bridgehead atoms. The minimum atomic E-state index is -0.446. The standard InChI is InChI=1S/C23H18N2O2/c1-27-22-15-5-3-9-18(22)11-6-12-19(16-24)23(26)25-21-14-7-10-17-8-2-4-13-20(17)21/h2-15H,1H3,(H,25,26)/b11-6+,19-12+. The predicted molar refractivity (Wildman–Crippen MR) is 108 cm³/mol. The predicted octanol–water partition coefficient (Wildman–Crippen LogP) is 4.95. The highest BCUT2D eigenvalue weighted by atomic mass is 16.5. The van der Waals surface area contributed by atoms with E-state index in [1.807, 2.05) is 72.8 Å². The van der Waals surface area contributed by atoms with Gasteiger partial charge in [-0.3, -0.25) is 4.79 Å². The molecule has 0 radical (unpaired) electrons. The van der Waals surface area contributed by atoms with E-state index in [0.717, 1.165) is 22.1 Å². The Morgan fingerprint density at radius 3 is 2.59 bits per heavy atom. The fourth-order valence-corrected chi connectivity index (χ4v) is 2.74. The summed E-state index contributed by atoms with van der Waals surface area (Å²) in [5, 5.41) is 14.1. The number of nitrogens with one attached hydrogen (secondary N) is 1. The largest absolute Gasteiger partial charge is 0.496 e. The third-order valence-corrected chi connectivity index (χ3v) is 4.08. The Balaban J connectivity index is 1.81. The van der Waals surface area contributed by atoms with Crippen LogP contribution in [0.25, 0.3) is 16.8 Å². The summed E-state index contributed by atoms with van der Waals surface area (Å²) >= 11 is 0. The minimum absolute atomic E-state index is 0.0223. The molecule has 0 saturated heterocycles. The number of benzene rings is 3. The van der Waals surface area contributed by atoms with Gasteiger partial charge in [-0.15, -0.1) is 0 Å². The molecular weight excluding hydrogens is 336 g/mol. The highest BCUT2D eigenvalue weighted by molar-refractivity contribution is 6.10. The lowest BCUT2D eigenvalue weighted by Crippen LogP contribution is -2.13. The van der Waals surface area contributed by atoms with Crippen LogP contribution in [0, 0.1) is 11.3 Å². The van der Waals surface area contributed by atoms with Gasteiger partial charge in [-0.1, -0.05) is 66.7 Å². The minimum Gasteiger partial charge on any atom is -0.496 e. The number of hydrogen-bond acceptors (Lipinski definition) is 3. The van der Waals surface area contributed by atoms with Crippen molar-refractivity contribution < 1.29 is 9.53 Å². The monoisotopic (exact) mass is 354 g/mol. The number of amides is 1. The van der Waals surface area contributed by atoms with Crippen molar-refractivity contribution in [2.45, 2.75) is 0 Å². The lowest BCUT2D eigenvalue weighted by atomic mass is 10.1. The number of rotatable bonds is 5. The first kappa shape index (κ1) is 18.0. The van der Waals surface area contributed by atoms with E-state index in [-0.39, 0.29) is 5.57 Å². The molecule has 3 aromatic rings. The normalized spacial score (nSPS) is 11.3. The van der Waals surface area contributed by atoms with Gasteiger partial charge >= 0.3 is 0 Å². The van der Waals surface area contributed by atoms with Crippen LogP contribution in [0.1, 0.15) is 5.56 Å². The molecule has 3 aromatic carbocycles. The van der Waals surface area contributed by atoms with Gasteiger partial charge in [-0.25, -0.2) is 0 Å². The number of hydrogen-bond donors (Lipinski definition) is 1. The Labute approximate surface area is 158 Å². The topological polar surface area (TPSA) is 62.1 Å². The number of nitrogens with zero attached hydrogens (tertiary/aromatic N) is 1. The van der Waals surface area contributed by atoms with Gasteiger partial charge in [-0.05, 0) is 23.6 Å². The number of carbonyl (C=O) groups excluding carboxylic acids is 1. The van der Waals surface area contributed by atoms with Crippen molar-refractivity contribution in [2.24, 2.45) is 0 Å². The van der Waals surface area contributed by atoms with E-state index in [4.69, 9.17) is 4.74 Å². The number of nitriles is 1. The maximum absolute atomic E-state index is 12.5. The Kier molecular flexibility index (Phi) is 5.66. The summed E-state index contributed by atoms with van der Waals surface area (Å²) < 4.78 is 5.28. The molecule has 0 spiro atoms. The van der Waals surface area contributed by atoms with Crippen LogP contribution in [0.15, 0.2) is 84.5 Å². The third kappa shape index (κ3) is 4.23. The molecule has 3 rings (SSSR count). The molecule has 4 heteroatoms. The molecule has 0 saturated carbocycles. The van der Waals surface area contributed by atoms with Crippen molar-refractivity contribution in [1.29, 1.82) is 5.26 Å². The summed E-state index contributed by atoms with van der Waals surface area (Å²) in [5.41, 5.74) is 1.56. The molecule has 0 unspecified atom stereocenters. The number of anilines is 1. The van der Waals surface area contributed by atoms with Gasteiger partial charge in [0.2, 0.25) is 0 Å². The van der Waals surface area contributed by atoms with Gasteiger partial charge in [0.05, 0.1) is 7.11 Å². The zero-order chi connectivity index (χ0) is 19.1. The Hall–Kier alpha value is -3.84. The van der Waals surface area contributed by atoms with Crippen molar-refractivity contribution in [3.05, 3.63) is 90.0 Å². The van der Waals surface area contributed by atoms with Gasteiger partial charge in [0.25, 0.3) is 5.91 Å². The maximum Gasteiger partial charge on any atom is 0.266 e. The second kappa shape index (κ2) is 8.50. The number of allylic oxidation sites excluding steroid dienone is 2. The van der Waals surface area contributed by atoms with Crippen molar-refractivity contribution >= 4 is 28.4 Å². The zero-order valence-electron chi connectivity index (χ0n) is 14.8.